The van der Waals surface area contributed by atoms with E-state index in [4.69, 9.17) is 10.8 Å². The van der Waals surface area contributed by atoms with Gasteiger partial charge in [-0.15, -0.1) is 0 Å². The normalized spacial score (nSPS) is 30.1. The minimum atomic E-state index is -3.58. The number of hydrogen-bond donors (Lipinski definition) is 2. The number of aliphatic carboxylic acids is 1. The van der Waals surface area contributed by atoms with Gasteiger partial charge in [-0.3, -0.25) is 4.79 Å². The number of nitrogens with two attached hydrogens (primary N) is 1. The monoisotopic (exact) mass is 287 g/mol. The molecule has 2 rings (SSSR count). The number of halogens is 1. The smallest absolute Gasteiger partial charge is 0.325 e. The quantitative estimate of drug-likeness (QED) is 0.841. The second kappa shape index (κ2) is 4.28. The lowest BCUT2D eigenvalue weighted by Gasteiger charge is -2.05. The largest absolute Gasteiger partial charge is 0.480 e. The highest BCUT2D eigenvalue weighted by atomic mass is 32.2. The molecule has 0 bridgehead atoms. The van der Waals surface area contributed by atoms with Crippen LogP contribution in [0.2, 0.25) is 0 Å². The number of hydrogen-bond acceptors (Lipinski definition) is 4. The maximum absolute atomic E-state index is 12.9. The fourth-order valence-electron chi connectivity index (χ4n) is 2.43. The van der Waals surface area contributed by atoms with Gasteiger partial charge in [-0.25, -0.2) is 12.8 Å². The average Bonchev–Trinajstić information content (AvgIpc) is 2.99. The first-order chi connectivity index (χ1) is 8.75. The van der Waals surface area contributed by atoms with Crippen LogP contribution in [-0.4, -0.2) is 36.0 Å². The summed E-state index contributed by atoms with van der Waals surface area (Å²) in [7, 11) is -3.58. The van der Waals surface area contributed by atoms with Crippen molar-refractivity contribution >= 4 is 15.8 Å². The lowest BCUT2D eigenvalue weighted by Crippen LogP contribution is -2.40. The highest BCUT2D eigenvalue weighted by Gasteiger charge is 2.73. The predicted octanol–water partition coefficient (Wildman–Crippen LogP) is 0.508. The SMILES string of the molecule is CCS(=O)(=O)[C@H]1[C@@H](c2ccc(F)cc2)[C@@]1(N)C(=O)O. The molecule has 0 aromatic heterocycles. The molecular formula is C12H14FNO4S. The van der Waals surface area contributed by atoms with Crippen LogP contribution < -0.4 is 5.73 Å². The third-order valence-electron chi connectivity index (χ3n) is 3.57. The number of benzene rings is 1. The molecule has 5 nitrogen and oxygen atoms in total. The second-order valence-electron chi connectivity index (χ2n) is 4.64. The Morgan fingerprint density at radius 2 is 1.95 bits per heavy atom. The summed E-state index contributed by atoms with van der Waals surface area (Å²) in [5, 5.41) is 8.01. The van der Waals surface area contributed by atoms with E-state index in [0.717, 1.165) is 12.1 Å². The molecule has 1 aliphatic rings. The summed E-state index contributed by atoms with van der Waals surface area (Å²) < 4.78 is 36.7. The molecule has 19 heavy (non-hydrogen) atoms. The molecule has 0 spiro atoms. The summed E-state index contributed by atoms with van der Waals surface area (Å²) in [5.41, 5.74) is 4.33. The van der Waals surface area contributed by atoms with Crippen molar-refractivity contribution in [3.8, 4) is 0 Å². The topological polar surface area (TPSA) is 97.5 Å². The standard InChI is InChI=1S/C12H14FNO4S/c1-2-19(17,18)10-9(12(10,14)11(15)16)7-3-5-8(13)6-4-7/h3-6,9-10H,2,14H2,1H3,(H,15,16)/t9-,10+,12+/m1/s1. The van der Waals surface area contributed by atoms with Crippen molar-refractivity contribution in [1.82, 2.24) is 0 Å². The zero-order valence-electron chi connectivity index (χ0n) is 10.2. The van der Waals surface area contributed by atoms with Crippen LogP contribution in [-0.2, 0) is 14.6 Å². The Labute approximate surface area is 110 Å². The third kappa shape index (κ3) is 2.02. The van der Waals surface area contributed by atoms with Crippen LogP contribution in [0.3, 0.4) is 0 Å². The van der Waals surface area contributed by atoms with Gasteiger partial charge in [0.05, 0.1) is 5.25 Å². The minimum Gasteiger partial charge on any atom is -0.480 e. The number of rotatable bonds is 4. The molecule has 0 unspecified atom stereocenters. The molecule has 3 N–H and O–H groups in total. The number of sulfone groups is 1. The van der Waals surface area contributed by atoms with E-state index < -0.39 is 38.3 Å². The number of carboxylic acid groups (broad SMARTS) is 1. The van der Waals surface area contributed by atoms with Crippen LogP contribution in [0.1, 0.15) is 18.4 Å². The molecule has 104 valence electrons. The Hall–Kier alpha value is -1.47. The van der Waals surface area contributed by atoms with Crippen molar-refractivity contribution in [1.29, 1.82) is 0 Å². The molecule has 1 saturated carbocycles. The molecule has 0 amide bonds. The van der Waals surface area contributed by atoms with Crippen LogP contribution in [0.15, 0.2) is 24.3 Å². The fourth-order valence-corrected chi connectivity index (χ4v) is 4.35. The summed E-state index contributed by atoms with van der Waals surface area (Å²) >= 11 is 0. The molecule has 1 fully saturated rings. The van der Waals surface area contributed by atoms with E-state index in [9.17, 15) is 17.6 Å². The van der Waals surface area contributed by atoms with Gasteiger partial charge < -0.3 is 10.8 Å². The molecule has 1 aliphatic carbocycles. The summed E-state index contributed by atoms with van der Waals surface area (Å²) in [6.45, 7) is 1.44. The number of carbonyl (C=O) groups is 1. The van der Waals surface area contributed by atoms with E-state index >= 15 is 0 Å². The Morgan fingerprint density at radius 1 is 1.42 bits per heavy atom. The van der Waals surface area contributed by atoms with Crippen LogP contribution in [0.4, 0.5) is 4.39 Å². The average molecular weight is 287 g/mol. The van der Waals surface area contributed by atoms with Gasteiger partial charge in [0.2, 0.25) is 0 Å². The van der Waals surface area contributed by atoms with E-state index in [1.54, 1.807) is 0 Å². The molecule has 0 saturated heterocycles. The molecule has 0 radical (unpaired) electrons. The maximum atomic E-state index is 12.9. The lowest BCUT2D eigenvalue weighted by atomic mass is 10.1. The molecular weight excluding hydrogens is 273 g/mol. The van der Waals surface area contributed by atoms with Crippen LogP contribution in [0.25, 0.3) is 0 Å². The fraction of sp³-hybridized carbons (Fsp3) is 0.417. The van der Waals surface area contributed by atoms with Crippen molar-refractivity contribution in [2.24, 2.45) is 5.73 Å². The van der Waals surface area contributed by atoms with Gasteiger partial charge >= 0.3 is 5.97 Å². The summed E-state index contributed by atoms with van der Waals surface area (Å²) in [5.74, 6) is -2.85. The molecule has 0 aliphatic heterocycles. The third-order valence-corrected chi connectivity index (χ3v) is 5.81. The lowest BCUT2D eigenvalue weighted by molar-refractivity contribution is -0.139. The van der Waals surface area contributed by atoms with E-state index in [2.05, 4.69) is 0 Å². The Morgan fingerprint density at radius 3 is 2.37 bits per heavy atom. The van der Waals surface area contributed by atoms with Crippen LogP contribution >= 0.6 is 0 Å². The zero-order chi connectivity index (χ0) is 14.4. The van der Waals surface area contributed by atoms with Crippen molar-refractivity contribution in [3.63, 3.8) is 0 Å². The van der Waals surface area contributed by atoms with Crippen molar-refractivity contribution < 1.29 is 22.7 Å². The van der Waals surface area contributed by atoms with Crippen LogP contribution in [0.5, 0.6) is 0 Å². The van der Waals surface area contributed by atoms with Gasteiger partial charge in [-0.1, -0.05) is 19.1 Å². The van der Waals surface area contributed by atoms with Gasteiger partial charge in [0.15, 0.2) is 9.84 Å². The van der Waals surface area contributed by atoms with Crippen molar-refractivity contribution in [3.05, 3.63) is 35.6 Å². The zero-order valence-corrected chi connectivity index (χ0v) is 11.0. The van der Waals surface area contributed by atoms with Gasteiger partial charge in [-0.2, -0.15) is 0 Å². The van der Waals surface area contributed by atoms with E-state index in [1.807, 2.05) is 0 Å². The van der Waals surface area contributed by atoms with Crippen molar-refractivity contribution in [2.75, 3.05) is 5.75 Å². The summed E-state index contributed by atoms with van der Waals surface area (Å²) in [4.78, 5) is 11.2. The molecule has 1 aromatic rings. The first kappa shape index (κ1) is 14.0. The molecule has 1 aromatic carbocycles. The minimum absolute atomic E-state index is 0.179. The first-order valence-corrected chi connectivity index (χ1v) is 7.46. The van der Waals surface area contributed by atoms with Gasteiger partial charge in [0, 0.05) is 11.7 Å². The Kier molecular flexibility index (Phi) is 3.14. The van der Waals surface area contributed by atoms with Gasteiger partial charge in [0.1, 0.15) is 11.4 Å². The first-order valence-electron chi connectivity index (χ1n) is 5.74. The summed E-state index contributed by atoms with van der Waals surface area (Å²) in [6, 6.07) is 5.06. The Balaban J connectivity index is 2.45. The molecule has 0 heterocycles. The molecule has 3 atom stereocenters. The Bertz CT molecular complexity index is 613. The van der Waals surface area contributed by atoms with E-state index in [1.165, 1.54) is 19.1 Å². The molecule has 7 heteroatoms. The van der Waals surface area contributed by atoms with Crippen LogP contribution in [0, 0.1) is 5.82 Å². The van der Waals surface area contributed by atoms with Gasteiger partial charge in [-0.05, 0) is 17.7 Å². The van der Waals surface area contributed by atoms with E-state index in [-0.39, 0.29) is 5.75 Å². The second-order valence-corrected chi connectivity index (χ2v) is 7.05. The highest BCUT2D eigenvalue weighted by molar-refractivity contribution is 7.92. The predicted molar refractivity (Wildman–Crippen MR) is 66.9 cm³/mol. The van der Waals surface area contributed by atoms with Crippen molar-refractivity contribution in [2.45, 2.75) is 23.6 Å². The summed E-state index contributed by atoms with van der Waals surface area (Å²) in [6.07, 6.45) is 0. The maximum Gasteiger partial charge on any atom is 0.325 e. The van der Waals surface area contributed by atoms with E-state index in [0.29, 0.717) is 5.56 Å². The van der Waals surface area contributed by atoms with Gasteiger partial charge in [0.25, 0.3) is 0 Å². The number of carboxylic acids is 1. The highest BCUT2D eigenvalue weighted by Crippen LogP contribution is 2.54.